The van der Waals surface area contributed by atoms with Crippen LogP contribution in [0.5, 0.6) is 11.5 Å². The number of halogens is 3. The molecule has 5 nitrogen and oxygen atoms in total. The topological polar surface area (TPSA) is 50.8 Å². The fourth-order valence-corrected chi connectivity index (χ4v) is 3.16. The maximum atomic E-state index is 12.5. The number of benzene rings is 1. The number of carbonyl (C=O) groups excluding carboxylic acids is 1. The summed E-state index contributed by atoms with van der Waals surface area (Å²) in [6.07, 6.45) is 3.70. The van der Waals surface area contributed by atoms with Crippen LogP contribution < -0.4 is 14.8 Å². The van der Waals surface area contributed by atoms with Gasteiger partial charge in [0, 0.05) is 20.0 Å². The molecule has 27 heavy (non-hydrogen) atoms. The number of nitrogens with one attached hydrogen (secondary N) is 1. The van der Waals surface area contributed by atoms with Gasteiger partial charge in [-0.2, -0.15) is 8.78 Å². The van der Waals surface area contributed by atoms with Crippen LogP contribution >= 0.6 is 12.4 Å². The van der Waals surface area contributed by atoms with Gasteiger partial charge in [0.15, 0.2) is 11.5 Å². The summed E-state index contributed by atoms with van der Waals surface area (Å²) in [6.45, 7) is 1.67. The number of nitrogens with zero attached hydrogens (tertiary/aromatic N) is 1. The van der Waals surface area contributed by atoms with Gasteiger partial charge < -0.3 is 19.7 Å². The van der Waals surface area contributed by atoms with Gasteiger partial charge in [-0.05, 0) is 62.9 Å². The van der Waals surface area contributed by atoms with Crippen molar-refractivity contribution in [2.24, 2.45) is 5.92 Å². The average Bonchev–Trinajstić information content (AvgIpc) is 2.62. The van der Waals surface area contributed by atoms with Crippen molar-refractivity contribution in [1.29, 1.82) is 0 Å². The Hall–Kier alpha value is -1.60. The lowest BCUT2D eigenvalue weighted by Crippen LogP contribution is -2.30. The third kappa shape index (κ3) is 7.89. The summed E-state index contributed by atoms with van der Waals surface area (Å²) >= 11 is 0. The Balaban J connectivity index is 0.00000364. The Morgan fingerprint density at radius 1 is 1.30 bits per heavy atom. The Kier molecular flexibility index (Phi) is 10.4. The lowest BCUT2D eigenvalue weighted by Gasteiger charge is -2.24. The Morgan fingerprint density at radius 2 is 2.00 bits per heavy atom. The van der Waals surface area contributed by atoms with Crippen molar-refractivity contribution in [3.05, 3.63) is 23.8 Å². The van der Waals surface area contributed by atoms with E-state index in [1.165, 1.54) is 6.07 Å². The zero-order valence-electron chi connectivity index (χ0n) is 15.9. The van der Waals surface area contributed by atoms with Gasteiger partial charge in [-0.25, -0.2) is 0 Å². The van der Waals surface area contributed by atoms with Crippen LogP contribution in [-0.4, -0.2) is 44.2 Å². The second kappa shape index (κ2) is 12.0. The first-order valence-electron chi connectivity index (χ1n) is 9.14. The molecule has 0 saturated carbocycles. The van der Waals surface area contributed by atoms with Gasteiger partial charge in [-0.15, -0.1) is 12.4 Å². The molecule has 1 saturated heterocycles. The zero-order chi connectivity index (χ0) is 18.9. The standard InChI is InChI=1S/C19H28F2N2O3.ClH/c1-3-25-17-12-15(4-6-16(17)26-19(20)21)13-23(2)18(24)7-5-14-8-10-22-11-9-14;/h4,6,12,14,19,22H,3,5,7-11,13H2,1-2H3;1H. The molecule has 1 amide bonds. The highest BCUT2D eigenvalue weighted by molar-refractivity contribution is 5.85. The first-order valence-corrected chi connectivity index (χ1v) is 9.14. The number of rotatable bonds is 9. The predicted molar refractivity (Wildman–Crippen MR) is 103 cm³/mol. The number of piperidine rings is 1. The predicted octanol–water partition coefficient (Wildman–Crippen LogP) is 3.85. The average molecular weight is 407 g/mol. The van der Waals surface area contributed by atoms with E-state index in [4.69, 9.17) is 4.74 Å². The van der Waals surface area contributed by atoms with Crippen LogP contribution in [0.25, 0.3) is 0 Å². The van der Waals surface area contributed by atoms with E-state index in [9.17, 15) is 13.6 Å². The first kappa shape index (κ1) is 23.4. The van der Waals surface area contributed by atoms with Crippen LogP contribution in [0.4, 0.5) is 8.78 Å². The number of hydrogen-bond acceptors (Lipinski definition) is 4. The van der Waals surface area contributed by atoms with Crippen molar-refractivity contribution in [1.82, 2.24) is 10.2 Å². The second-order valence-corrected chi connectivity index (χ2v) is 6.57. The Bertz CT molecular complexity index is 584. The lowest BCUT2D eigenvalue weighted by molar-refractivity contribution is -0.130. The van der Waals surface area contributed by atoms with Gasteiger partial charge >= 0.3 is 6.61 Å². The third-order valence-corrected chi connectivity index (χ3v) is 4.59. The minimum atomic E-state index is -2.90. The number of alkyl halides is 2. The van der Waals surface area contributed by atoms with E-state index < -0.39 is 6.61 Å². The number of amides is 1. The van der Waals surface area contributed by atoms with E-state index in [0.29, 0.717) is 25.5 Å². The van der Waals surface area contributed by atoms with Gasteiger partial charge in [0.25, 0.3) is 0 Å². The van der Waals surface area contributed by atoms with Gasteiger partial charge in [-0.1, -0.05) is 6.07 Å². The van der Waals surface area contributed by atoms with Crippen LogP contribution in [0, 0.1) is 5.92 Å². The van der Waals surface area contributed by atoms with Gasteiger partial charge in [0.1, 0.15) is 0 Å². The molecule has 0 aromatic heterocycles. The molecule has 154 valence electrons. The fraction of sp³-hybridized carbons (Fsp3) is 0.632. The number of ether oxygens (including phenoxy) is 2. The lowest BCUT2D eigenvalue weighted by atomic mass is 9.93. The van der Waals surface area contributed by atoms with Gasteiger partial charge in [0.2, 0.25) is 5.91 Å². The van der Waals surface area contributed by atoms with Crippen LogP contribution in [0.2, 0.25) is 0 Å². The summed E-state index contributed by atoms with van der Waals surface area (Å²) in [5.41, 5.74) is 0.813. The molecule has 0 unspecified atom stereocenters. The number of carbonyl (C=O) groups is 1. The summed E-state index contributed by atoms with van der Waals surface area (Å²) in [4.78, 5) is 14.0. The van der Waals surface area contributed by atoms with Crippen LogP contribution in [0.15, 0.2) is 18.2 Å². The molecule has 0 atom stereocenters. The highest BCUT2D eigenvalue weighted by Crippen LogP contribution is 2.30. The van der Waals surface area contributed by atoms with E-state index >= 15 is 0 Å². The van der Waals surface area contributed by atoms with Crippen molar-refractivity contribution in [2.75, 3.05) is 26.7 Å². The third-order valence-electron chi connectivity index (χ3n) is 4.59. The summed E-state index contributed by atoms with van der Waals surface area (Å²) in [6, 6.07) is 4.79. The van der Waals surface area contributed by atoms with E-state index in [0.717, 1.165) is 37.9 Å². The minimum absolute atomic E-state index is 0. The van der Waals surface area contributed by atoms with E-state index in [-0.39, 0.29) is 29.8 Å². The molecule has 0 bridgehead atoms. The van der Waals surface area contributed by atoms with Crippen molar-refractivity contribution < 1.29 is 23.0 Å². The van der Waals surface area contributed by atoms with Gasteiger partial charge in [0.05, 0.1) is 6.61 Å². The van der Waals surface area contributed by atoms with Crippen LogP contribution in [-0.2, 0) is 11.3 Å². The van der Waals surface area contributed by atoms with Crippen molar-refractivity contribution in [2.45, 2.75) is 45.8 Å². The summed E-state index contributed by atoms with van der Waals surface area (Å²) in [5.74, 6) is 0.977. The quantitative estimate of drug-likeness (QED) is 0.676. The van der Waals surface area contributed by atoms with Crippen molar-refractivity contribution in [3.63, 3.8) is 0 Å². The summed E-state index contributed by atoms with van der Waals surface area (Å²) in [7, 11) is 1.76. The molecule has 1 heterocycles. The molecule has 2 rings (SSSR count). The van der Waals surface area contributed by atoms with Gasteiger partial charge in [-0.3, -0.25) is 4.79 Å². The van der Waals surface area contributed by atoms with Crippen molar-refractivity contribution >= 4 is 18.3 Å². The second-order valence-electron chi connectivity index (χ2n) is 6.57. The molecule has 0 radical (unpaired) electrons. The highest BCUT2D eigenvalue weighted by Gasteiger charge is 2.17. The smallest absolute Gasteiger partial charge is 0.387 e. The minimum Gasteiger partial charge on any atom is -0.490 e. The fourth-order valence-electron chi connectivity index (χ4n) is 3.16. The van der Waals surface area contributed by atoms with Crippen LogP contribution in [0.1, 0.15) is 38.2 Å². The number of hydrogen-bond donors (Lipinski definition) is 1. The molecule has 1 fully saturated rings. The molecule has 1 N–H and O–H groups in total. The van der Waals surface area contributed by atoms with E-state index in [1.807, 2.05) is 0 Å². The Morgan fingerprint density at radius 3 is 2.63 bits per heavy atom. The first-order chi connectivity index (χ1) is 12.5. The zero-order valence-corrected chi connectivity index (χ0v) is 16.7. The maximum absolute atomic E-state index is 12.5. The summed E-state index contributed by atoms with van der Waals surface area (Å²) in [5, 5.41) is 3.33. The SMILES string of the molecule is CCOc1cc(CN(C)C(=O)CCC2CCNCC2)ccc1OC(F)F.Cl. The molecule has 1 aliphatic heterocycles. The van der Waals surface area contributed by atoms with Crippen LogP contribution in [0.3, 0.4) is 0 Å². The highest BCUT2D eigenvalue weighted by atomic mass is 35.5. The van der Waals surface area contributed by atoms with Crippen molar-refractivity contribution in [3.8, 4) is 11.5 Å². The Labute approximate surface area is 165 Å². The molecule has 1 aromatic rings. The maximum Gasteiger partial charge on any atom is 0.387 e. The molecular formula is C19H29ClF2N2O3. The normalized spacial score (nSPS) is 14.6. The van der Waals surface area contributed by atoms with E-state index in [2.05, 4.69) is 10.1 Å². The molecule has 1 aromatic carbocycles. The molecular weight excluding hydrogens is 378 g/mol. The molecule has 0 spiro atoms. The summed E-state index contributed by atoms with van der Waals surface area (Å²) < 4.78 is 34.8. The molecule has 8 heteroatoms. The molecule has 1 aliphatic rings. The monoisotopic (exact) mass is 406 g/mol. The largest absolute Gasteiger partial charge is 0.490 e. The molecule has 0 aliphatic carbocycles. The van der Waals surface area contributed by atoms with E-state index in [1.54, 1.807) is 31.0 Å².